The third-order valence-electron chi connectivity index (χ3n) is 5.73. The fraction of sp³-hybridized carbons (Fsp3) is 0.524. The van der Waals surface area contributed by atoms with Gasteiger partial charge in [0.1, 0.15) is 6.10 Å². The molecule has 1 aromatic rings. The van der Waals surface area contributed by atoms with E-state index in [-0.39, 0.29) is 11.5 Å². The summed E-state index contributed by atoms with van der Waals surface area (Å²) in [5.41, 5.74) is 4.22. The zero-order valence-corrected chi connectivity index (χ0v) is 15.0. The summed E-state index contributed by atoms with van der Waals surface area (Å²) in [4.78, 5) is 2.56. The van der Waals surface area contributed by atoms with Crippen molar-refractivity contribution in [3.63, 3.8) is 0 Å². The predicted molar refractivity (Wildman–Crippen MR) is 96.8 cm³/mol. The molecule has 1 aromatic carbocycles. The van der Waals surface area contributed by atoms with E-state index >= 15 is 0 Å². The van der Waals surface area contributed by atoms with Crippen molar-refractivity contribution >= 4 is 0 Å². The van der Waals surface area contributed by atoms with E-state index in [9.17, 15) is 0 Å². The standard InChI is InChI=1S/C21H27NO2/c1-15(2)9-12-22-13-11-21-10-5-4-6-18(21)24-20-17(23-3)8-7-16(14-22)19(20)21/h5,7-10,18H,4,6,11-14H2,1-3H3/t18-,21-/m0/s1. The zero-order valence-electron chi connectivity index (χ0n) is 15.0. The quantitative estimate of drug-likeness (QED) is 0.777. The molecule has 0 amide bonds. The number of benzene rings is 1. The van der Waals surface area contributed by atoms with E-state index in [0.29, 0.717) is 0 Å². The molecule has 0 radical (unpaired) electrons. The molecule has 0 fully saturated rings. The Bertz CT molecular complexity index is 702. The Morgan fingerprint density at radius 3 is 3.08 bits per heavy atom. The zero-order chi connectivity index (χ0) is 16.7. The highest BCUT2D eigenvalue weighted by Crippen LogP contribution is 2.55. The monoisotopic (exact) mass is 325 g/mol. The predicted octanol–water partition coefficient (Wildman–Crippen LogP) is 4.22. The van der Waals surface area contributed by atoms with Crippen LogP contribution < -0.4 is 9.47 Å². The van der Waals surface area contributed by atoms with Gasteiger partial charge < -0.3 is 9.47 Å². The lowest BCUT2D eigenvalue weighted by Crippen LogP contribution is -2.39. The van der Waals surface area contributed by atoms with Crippen LogP contribution >= 0.6 is 0 Å². The first kappa shape index (κ1) is 15.8. The molecule has 0 saturated carbocycles. The van der Waals surface area contributed by atoms with Gasteiger partial charge in [-0.15, -0.1) is 0 Å². The molecule has 0 bridgehead atoms. The van der Waals surface area contributed by atoms with Crippen LogP contribution in [-0.4, -0.2) is 31.2 Å². The molecule has 3 nitrogen and oxygen atoms in total. The first-order valence-corrected chi connectivity index (χ1v) is 9.04. The molecule has 1 spiro atoms. The van der Waals surface area contributed by atoms with E-state index in [0.717, 1.165) is 50.4 Å². The van der Waals surface area contributed by atoms with Crippen molar-refractivity contribution in [2.24, 2.45) is 0 Å². The first-order valence-electron chi connectivity index (χ1n) is 9.04. The summed E-state index contributed by atoms with van der Waals surface area (Å²) in [6.07, 6.45) is 10.7. The molecule has 0 aromatic heterocycles. The highest BCUT2D eigenvalue weighted by molar-refractivity contribution is 5.60. The molecule has 128 valence electrons. The summed E-state index contributed by atoms with van der Waals surface area (Å²) in [7, 11) is 1.74. The summed E-state index contributed by atoms with van der Waals surface area (Å²) >= 11 is 0. The third kappa shape index (κ3) is 2.37. The van der Waals surface area contributed by atoms with Gasteiger partial charge in [0.2, 0.25) is 0 Å². The van der Waals surface area contributed by atoms with Crippen LogP contribution in [0.1, 0.15) is 44.2 Å². The van der Waals surface area contributed by atoms with Gasteiger partial charge >= 0.3 is 0 Å². The maximum atomic E-state index is 6.43. The Labute approximate surface area is 144 Å². The molecule has 24 heavy (non-hydrogen) atoms. The van der Waals surface area contributed by atoms with Gasteiger partial charge in [-0.1, -0.05) is 29.9 Å². The minimum atomic E-state index is 0.0389. The lowest BCUT2D eigenvalue weighted by molar-refractivity contribution is 0.138. The number of hydrogen-bond acceptors (Lipinski definition) is 3. The molecule has 2 heterocycles. The van der Waals surface area contributed by atoms with Crippen LogP contribution in [0.5, 0.6) is 11.5 Å². The molecule has 1 aliphatic carbocycles. The molecule has 0 saturated heterocycles. The van der Waals surface area contributed by atoms with Crippen LogP contribution in [0.15, 0.2) is 35.9 Å². The lowest BCUT2D eigenvalue weighted by Gasteiger charge is -2.34. The van der Waals surface area contributed by atoms with E-state index < -0.39 is 0 Å². The number of hydrogen-bond donors (Lipinski definition) is 0. The molecule has 0 unspecified atom stereocenters. The van der Waals surface area contributed by atoms with Crippen molar-refractivity contribution in [1.82, 2.24) is 4.90 Å². The van der Waals surface area contributed by atoms with E-state index in [2.05, 4.69) is 49.1 Å². The second-order valence-electron chi connectivity index (χ2n) is 7.52. The van der Waals surface area contributed by atoms with E-state index in [4.69, 9.17) is 9.47 Å². The van der Waals surface area contributed by atoms with Gasteiger partial charge in [-0.2, -0.15) is 0 Å². The number of methoxy groups -OCH3 is 1. The van der Waals surface area contributed by atoms with E-state index in [1.54, 1.807) is 7.11 Å². The number of allylic oxidation sites excluding steroid dienone is 2. The van der Waals surface area contributed by atoms with Crippen molar-refractivity contribution in [3.8, 4) is 11.5 Å². The molecule has 3 aliphatic rings. The van der Waals surface area contributed by atoms with Crippen LogP contribution in [-0.2, 0) is 12.0 Å². The van der Waals surface area contributed by atoms with Gasteiger partial charge in [-0.05, 0) is 44.7 Å². The largest absolute Gasteiger partial charge is 0.493 e. The van der Waals surface area contributed by atoms with Crippen LogP contribution in [0.2, 0.25) is 0 Å². The average molecular weight is 325 g/mol. The van der Waals surface area contributed by atoms with Crippen LogP contribution in [0.4, 0.5) is 0 Å². The second kappa shape index (κ2) is 5.96. The van der Waals surface area contributed by atoms with E-state index in [1.807, 2.05) is 0 Å². The molecule has 0 N–H and O–H groups in total. The smallest absolute Gasteiger partial charge is 0.166 e. The summed E-state index contributed by atoms with van der Waals surface area (Å²) < 4.78 is 12.0. The topological polar surface area (TPSA) is 21.7 Å². The summed E-state index contributed by atoms with van der Waals surface area (Å²) in [5, 5.41) is 0. The molecule has 2 atom stereocenters. The summed E-state index contributed by atoms with van der Waals surface area (Å²) in [6.45, 7) is 7.46. The molecular weight excluding hydrogens is 298 g/mol. The van der Waals surface area contributed by atoms with Crippen molar-refractivity contribution in [2.45, 2.75) is 51.2 Å². The van der Waals surface area contributed by atoms with Crippen molar-refractivity contribution in [1.29, 1.82) is 0 Å². The molecular formula is C21H27NO2. The Balaban J connectivity index is 1.80. The Morgan fingerprint density at radius 1 is 1.42 bits per heavy atom. The Kier molecular flexibility index (Phi) is 3.92. The first-order chi connectivity index (χ1) is 11.6. The fourth-order valence-corrected chi connectivity index (χ4v) is 4.48. The number of rotatable bonds is 3. The highest BCUT2D eigenvalue weighted by atomic mass is 16.5. The van der Waals surface area contributed by atoms with Crippen LogP contribution in [0.3, 0.4) is 0 Å². The van der Waals surface area contributed by atoms with Crippen LogP contribution in [0.25, 0.3) is 0 Å². The Morgan fingerprint density at radius 2 is 2.29 bits per heavy atom. The van der Waals surface area contributed by atoms with Gasteiger partial charge in [0.05, 0.1) is 12.5 Å². The van der Waals surface area contributed by atoms with Gasteiger partial charge in [0.15, 0.2) is 11.5 Å². The van der Waals surface area contributed by atoms with E-state index in [1.165, 1.54) is 16.7 Å². The van der Waals surface area contributed by atoms with Crippen molar-refractivity contribution in [2.75, 3.05) is 20.2 Å². The molecule has 2 aliphatic heterocycles. The lowest BCUT2D eigenvalue weighted by atomic mass is 9.69. The maximum absolute atomic E-state index is 6.43. The SMILES string of the molecule is COc1ccc2c3c1O[C@H]1CCC=C[C@@]31CCN(CC=C(C)C)C2. The van der Waals surface area contributed by atoms with Crippen molar-refractivity contribution < 1.29 is 9.47 Å². The van der Waals surface area contributed by atoms with Gasteiger partial charge in [-0.3, -0.25) is 4.90 Å². The number of ether oxygens (including phenoxy) is 2. The molecule has 3 heteroatoms. The minimum Gasteiger partial charge on any atom is -0.493 e. The maximum Gasteiger partial charge on any atom is 0.166 e. The minimum absolute atomic E-state index is 0.0389. The molecule has 4 rings (SSSR count). The Hall–Kier alpha value is -1.74. The van der Waals surface area contributed by atoms with Crippen molar-refractivity contribution in [3.05, 3.63) is 47.1 Å². The third-order valence-corrected chi connectivity index (χ3v) is 5.73. The van der Waals surface area contributed by atoms with Gasteiger partial charge in [0, 0.05) is 25.2 Å². The number of nitrogens with zero attached hydrogens (tertiary/aromatic N) is 1. The summed E-state index contributed by atoms with van der Waals surface area (Å²) in [5.74, 6) is 1.88. The van der Waals surface area contributed by atoms with Gasteiger partial charge in [-0.25, -0.2) is 0 Å². The normalized spacial score (nSPS) is 27.7. The second-order valence-corrected chi connectivity index (χ2v) is 7.52. The highest BCUT2D eigenvalue weighted by Gasteiger charge is 2.51. The van der Waals surface area contributed by atoms with Crippen LogP contribution in [0, 0.1) is 0 Å². The van der Waals surface area contributed by atoms with Gasteiger partial charge in [0.25, 0.3) is 0 Å². The average Bonchev–Trinajstić information content (AvgIpc) is 2.84. The fourth-order valence-electron chi connectivity index (χ4n) is 4.48. The summed E-state index contributed by atoms with van der Waals surface area (Å²) in [6, 6.07) is 4.32.